The Morgan fingerprint density at radius 1 is 1.29 bits per heavy atom. The second kappa shape index (κ2) is 5.62. The molecule has 0 radical (unpaired) electrons. The standard InChI is InChI=1S/C11H17N3/c1-9(10(6-12)7-13)8-14-11-4-2-3-5-11/h9-11,14H,2-5,8H2,1H3. The van der Waals surface area contributed by atoms with Crippen molar-refractivity contribution in [2.24, 2.45) is 11.8 Å². The van der Waals surface area contributed by atoms with E-state index in [1.54, 1.807) is 0 Å². The van der Waals surface area contributed by atoms with Crippen LogP contribution in [0.1, 0.15) is 32.6 Å². The Morgan fingerprint density at radius 3 is 2.36 bits per heavy atom. The van der Waals surface area contributed by atoms with Gasteiger partial charge in [0.05, 0.1) is 12.1 Å². The molecule has 0 saturated heterocycles. The van der Waals surface area contributed by atoms with E-state index >= 15 is 0 Å². The van der Waals surface area contributed by atoms with Crippen molar-refractivity contribution in [1.82, 2.24) is 5.32 Å². The number of rotatable bonds is 4. The summed E-state index contributed by atoms with van der Waals surface area (Å²) in [7, 11) is 0. The van der Waals surface area contributed by atoms with E-state index in [0.717, 1.165) is 6.54 Å². The molecule has 1 fully saturated rings. The van der Waals surface area contributed by atoms with E-state index in [4.69, 9.17) is 10.5 Å². The Hall–Kier alpha value is -1.06. The van der Waals surface area contributed by atoms with E-state index in [0.29, 0.717) is 6.04 Å². The average Bonchev–Trinajstić information content (AvgIpc) is 2.69. The largest absolute Gasteiger partial charge is 0.314 e. The van der Waals surface area contributed by atoms with E-state index in [1.807, 2.05) is 19.1 Å². The van der Waals surface area contributed by atoms with Crippen molar-refractivity contribution in [1.29, 1.82) is 10.5 Å². The molecule has 0 aromatic heterocycles. The smallest absolute Gasteiger partial charge is 0.137 e. The molecule has 1 rings (SSSR count). The van der Waals surface area contributed by atoms with Crippen molar-refractivity contribution in [2.45, 2.75) is 38.6 Å². The number of nitrogens with zero attached hydrogens (tertiary/aromatic N) is 2. The maximum Gasteiger partial charge on any atom is 0.137 e. The topological polar surface area (TPSA) is 59.6 Å². The van der Waals surface area contributed by atoms with Crippen LogP contribution in [0, 0.1) is 34.5 Å². The lowest BCUT2D eigenvalue weighted by Crippen LogP contribution is -2.32. The highest BCUT2D eigenvalue weighted by atomic mass is 14.9. The number of hydrogen-bond donors (Lipinski definition) is 1. The van der Waals surface area contributed by atoms with Gasteiger partial charge in [0.25, 0.3) is 0 Å². The Labute approximate surface area is 85.7 Å². The summed E-state index contributed by atoms with van der Waals surface area (Å²) in [5.74, 6) is -0.338. The third-order valence-corrected chi connectivity index (χ3v) is 2.93. The summed E-state index contributed by atoms with van der Waals surface area (Å²) in [5, 5.41) is 20.8. The Bertz CT molecular complexity index is 228. The molecule has 14 heavy (non-hydrogen) atoms. The molecule has 0 bridgehead atoms. The molecule has 0 aromatic rings. The van der Waals surface area contributed by atoms with Gasteiger partial charge in [-0.25, -0.2) is 0 Å². The molecular formula is C11H17N3. The van der Waals surface area contributed by atoms with Gasteiger partial charge in [-0.05, 0) is 18.8 Å². The van der Waals surface area contributed by atoms with Crippen molar-refractivity contribution in [2.75, 3.05) is 6.54 Å². The first kappa shape index (κ1) is 11.0. The Kier molecular flexibility index (Phi) is 4.43. The zero-order chi connectivity index (χ0) is 10.4. The third kappa shape index (κ3) is 3.01. The van der Waals surface area contributed by atoms with Gasteiger partial charge < -0.3 is 5.32 Å². The molecular weight excluding hydrogens is 174 g/mol. The van der Waals surface area contributed by atoms with Gasteiger partial charge in [0.2, 0.25) is 0 Å². The molecule has 3 heteroatoms. The Morgan fingerprint density at radius 2 is 1.86 bits per heavy atom. The summed E-state index contributed by atoms with van der Waals surface area (Å²) in [5.41, 5.74) is 0. The molecule has 0 amide bonds. The maximum absolute atomic E-state index is 8.69. The normalized spacial score (nSPS) is 19.1. The van der Waals surface area contributed by atoms with Gasteiger partial charge in [-0.15, -0.1) is 0 Å². The van der Waals surface area contributed by atoms with Crippen LogP contribution in [0.25, 0.3) is 0 Å². The van der Waals surface area contributed by atoms with Gasteiger partial charge in [0, 0.05) is 12.6 Å². The lowest BCUT2D eigenvalue weighted by molar-refractivity contribution is 0.420. The minimum absolute atomic E-state index is 0.130. The molecule has 3 nitrogen and oxygen atoms in total. The summed E-state index contributed by atoms with van der Waals surface area (Å²) < 4.78 is 0. The fourth-order valence-corrected chi connectivity index (χ4v) is 1.88. The lowest BCUT2D eigenvalue weighted by Gasteiger charge is -2.16. The average molecular weight is 191 g/mol. The van der Waals surface area contributed by atoms with Crippen LogP contribution < -0.4 is 5.32 Å². The molecule has 0 spiro atoms. The van der Waals surface area contributed by atoms with E-state index < -0.39 is 5.92 Å². The third-order valence-electron chi connectivity index (χ3n) is 2.93. The first-order valence-corrected chi connectivity index (χ1v) is 5.30. The van der Waals surface area contributed by atoms with E-state index in [1.165, 1.54) is 25.7 Å². The molecule has 1 aliphatic carbocycles. The molecule has 1 N–H and O–H groups in total. The molecule has 1 atom stereocenters. The van der Waals surface area contributed by atoms with Crippen LogP contribution in [-0.4, -0.2) is 12.6 Å². The quantitative estimate of drug-likeness (QED) is 0.737. The number of nitriles is 2. The van der Waals surface area contributed by atoms with E-state index in [9.17, 15) is 0 Å². The van der Waals surface area contributed by atoms with Gasteiger partial charge >= 0.3 is 0 Å². The predicted octanol–water partition coefficient (Wildman–Crippen LogP) is 1.82. The SMILES string of the molecule is CC(CNC1CCCC1)C(C#N)C#N. The molecule has 1 aliphatic rings. The van der Waals surface area contributed by atoms with Crippen molar-refractivity contribution in [3.05, 3.63) is 0 Å². The van der Waals surface area contributed by atoms with Crippen LogP contribution in [-0.2, 0) is 0 Å². The van der Waals surface area contributed by atoms with Crippen LogP contribution in [0.15, 0.2) is 0 Å². The zero-order valence-electron chi connectivity index (χ0n) is 8.66. The maximum atomic E-state index is 8.69. The molecule has 1 unspecified atom stereocenters. The van der Waals surface area contributed by atoms with Crippen molar-refractivity contribution in [3.63, 3.8) is 0 Å². The monoisotopic (exact) mass is 191 g/mol. The minimum atomic E-state index is -0.469. The van der Waals surface area contributed by atoms with Gasteiger partial charge in [-0.3, -0.25) is 0 Å². The number of hydrogen-bond acceptors (Lipinski definition) is 3. The minimum Gasteiger partial charge on any atom is -0.314 e. The van der Waals surface area contributed by atoms with Gasteiger partial charge in [0.15, 0.2) is 0 Å². The molecule has 76 valence electrons. The lowest BCUT2D eigenvalue weighted by atomic mass is 9.96. The highest BCUT2D eigenvalue weighted by molar-refractivity contribution is 5.02. The second-order valence-corrected chi connectivity index (χ2v) is 4.10. The summed E-state index contributed by atoms with van der Waals surface area (Å²) in [6.45, 7) is 2.75. The van der Waals surface area contributed by atoms with Crippen molar-refractivity contribution in [3.8, 4) is 12.1 Å². The fraction of sp³-hybridized carbons (Fsp3) is 0.818. The van der Waals surface area contributed by atoms with E-state index in [-0.39, 0.29) is 5.92 Å². The van der Waals surface area contributed by atoms with Gasteiger partial charge in [-0.2, -0.15) is 10.5 Å². The van der Waals surface area contributed by atoms with Gasteiger partial charge in [-0.1, -0.05) is 19.8 Å². The van der Waals surface area contributed by atoms with Crippen molar-refractivity contribution < 1.29 is 0 Å². The van der Waals surface area contributed by atoms with Crippen LogP contribution in [0.5, 0.6) is 0 Å². The van der Waals surface area contributed by atoms with Crippen LogP contribution in [0.3, 0.4) is 0 Å². The molecule has 0 aliphatic heterocycles. The zero-order valence-corrected chi connectivity index (χ0v) is 8.66. The summed E-state index contributed by atoms with van der Waals surface area (Å²) in [6.07, 6.45) is 5.12. The first-order valence-electron chi connectivity index (χ1n) is 5.30. The summed E-state index contributed by atoms with van der Waals surface area (Å²) >= 11 is 0. The predicted molar refractivity (Wildman–Crippen MR) is 54.1 cm³/mol. The Balaban J connectivity index is 2.23. The van der Waals surface area contributed by atoms with Crippen LogP contribution in [0.2, 0.25) is 0 Å². The van der Waals surface area contributed by atoms with Gasteiger partial charge in [0.1, 0.15) is 5.92 Å². The highest BCUT2D eigenvalue weighted by Gasteiger charge is 2.19. The molecule has 0 aromatic carbocycles. The van der Waals surface area contributed by atoms with Crippen LogP contribution >= 0.6 is 0 Å². The van der Waals surface area contributed by atoms with Crippen molar-refractivity contribution >= 4 is 0 Å². The molecule has 0 heterocycles. The summed E-state index contributed by atoms with van der Waals surface area (Å²) in [6, 6.07) is 4.67. The fourth-order valence-electron chi connectivity index (χ4n) is 1.88. The second-order valence-electron chi connectivity index (χ2n) is 4.10. The van der Waals surface area contributed by atoms with Crippen LogP contribution in [0.4, 0.5) is 0 Å². The number of nitrogens with one attached hydrogen (secondary N) is 1. The summed E-state index contributed by atoms with van der Waals surface area (Å²) in [4.78, 5) is 0. The first-order chi connectivity index (χ1) is 6.77. The van der Waals surface area contributed by atoms with E-state index in [2.05, 4.69) is 5.32 Å². The highest BCUT2D eigenvalue weighted by Crippen LogP contribution is 2.18. The molecule has 1 saturated carbocycles.